The van der Waals surface area contributed by atoms with Crippen molar-refractivity contribution in [3.8, 4) is 0 Å². The van der Waals surface area contributed by atoms with Crippen LogP contribution in [0.5, 0.6) is 0 Å². The van der Waals surface area contributed by atoms with E-state index in [-0.39, 0.29) is 0 Å². The lowest BCUT2D eigenvalue weighted by atomic mass is 10.1. The van der Waals surface area contributed by atoms with Gasteiger partial charge in [0.15, 0.2) is 5.11 Å². The smallest absolute Gasteiger partial charge is 0.187 e. The molecule has 0 amide bonds. The van der Waals surface area contributed by atoms with Crippen molar-refractivity contribution in [3.63, 3.8) is 0 Å². The van der Waals surface area contributed by atoms with Crippen LogP contribution in [0, 0.1) is 13.8 Å². The number of hydrogen-bond donors (Lipinski definition) is 4. The van der Waals surface area contributed by atoms with Crippen LogP contribution in [0.15, 0.2) is 11.3 Å². The van der Waals surface area contributed by atoms with Gasteiger partial charge in [-0.1, -0.05) is 0 Å². The number of quaternary nitrogens is 1. The van der Waals surface area contributed by atoms with E-state index < -0.39 is 0 Å². The Balaban J connectivity index is 1.73. The van der Waals surface area contributed by atoms with Crippen LogP contribution in [0.3, 0.4) is 0 Å². The molecule has 0 bridgehead atoms. The molecule has 1 fully saturated rings. The monoisotopic (exact) mass is 324 g/mol. The largest absolute Gasteiger partial charge is 0.370 e. The molecule has 1 aromatic rings. The van der Waals surface area contributed by atoms with Gasteiger partial charge in [-0.2, -0.15) is 5.10 Å². The molecule has 0 spiro atoms. The summed E-state index contributed by atoms with van der Waals surface area (Å²) in [7, 11) is 0. The lowest BCUT2D eigenvalue weighted by Crippen LogP contribution is -3.14. The van der Waals surface area contributed by atoms with Crippen molar-refractivity contribution in [2.24, 2.45) is 5.10 Å². The Morgan fingerprint density at radius 3 is 2.77 bits per heavy atom. The zero-order chi connectivity index (χ0) is 15.9. The highest BCUT2D eigenvalue weighted by Crippen LogP contribution is 2.12. The minimum Gasteiger partial charge on any atom is -0.370 e. The minimum absolute atomic E-state index is 0.567. The Bertz CT molecular complexity index is 515. The third-order valence-corrected chi connectivity index (χ3v) is 4.16. The average molecular weight is 324 g/mol. The second-order valence-corrected chi connectivity index (χ2v) is 6.06. The zero-order valence-electron chi connectivity index (χ0n) is 13.6. The molecule has 2 heterocycles. The summed E-state index contributed by atoms with van der Waals surface area (Å²) in [6.07, 6.45) is 1.99. The standard InChI is InChI=1S/C15H25N5OS/c1-11-10-17-12(2)14(11)13(3)18-19-15(22)16-4-5-20-6-8-21-9-7-20/h10,17H,4-9H2,1-3H3,(H2,16,19,22)/p+1/b18-13+. The first-order valence-electron chi connectivity index (χ1n) is 7.72. The fourth-order valence-electron chi connectivity index (χ4n) is 2.71. The minimum atomic E-state index is 0.567. The summed E-state index contributed by atoms with van der Waals surface area (Å²) in [5, 5.41) is 8.14. The molecule has 0 radical (unpaired) electrons. The van der Waals surface area contributed by atoms with Crippen LogP contribution < -0.4 is 15.6 Å². The molecule has 0 aromatic carbocycles. The fraction of sp³-hybridized carbons (Fsp3) is 0.600. The van der Waals surface area contributed by atoms with Gasteiger partial charge in [-0.05, 0) is 38.6 Å². The number of nitrogens with zero attached hydrogens (tertiary/aromatic N) is 1. The molecule has 1 aromatic heterocycles. The Hall–Kier alpha value is -1.44. The Labute approximate surface area is 137 Å². The van der Waals surface area contributed by atoms with Gasteiger partial charge in [-0.15, -0.1) is 0 Å². The van der Waals surface area contributed by atoms with Crippen molar-refractivity contribution >= 4 is 23.0 Å². The van der Waals surface area contributed by atoms with Crippen LogP contribution in [0.4, 0.5) is 0 Å². The van der Waals surface area contributed by atoms with Crippen LogP contribution in [-0.2, 0) is 4.74 Å². The maximum atomic E-state index is 5.35. The number of aromatic nitrogens is 1. The molecule has 0 unspecified atom stereocenters. The first-order chi connectivity index (χ1) is 10.6. The summed E-state index contributed by atoms with van der Waals surface area (Å²) in [4.78, 5) is 4.76. The van der Waals surface area contributed by atoms with E-state index in [9.17, 15) is 0 Å². The second-order valence-electron chi connectivity index (χ2n) is 5.65. The molecule has 22 heavy (non-hydrogen) atoms. The third kappa shape index (κ3) is 4.79. The summed E-state index contributed by atoms with van der Waals surface area (Å²) in [5.74, 6) is 0. The van der Waals surface area contributed by atoms with Crippen molar-refractivity contribution in [1.29, 1.82) is 0 Å². The summed E-state index contributed by atoms with van der Waals surface area (Å²) in [6.45, 7) is 11.9. The second kappa shape index (κ2) is 8.26. The number of hydrogen-bond acceptors (Lipinski definition) is 3. The van der Waals surface area contributed by atoms with E-state index in [0.29, 0.717) is 5.11 Å². The maximum absolute atomic E-state index is 5.35. The number of rotatable bonds is 5. The van der Waals surface area contributed by atoms with E-state index in [1.165, 1.54) is 5.56 Å². The third-order valence-electron chi connectivity index (χ3n) is 3.93. The van der Waals surface area contributed by atoms with Crippen molar-refractivity contribution in [2.75, 3.05) is 39.4 Å². The summed E-state index contributed by atoms with van der Waals surface area (Å²) < 4.78 is 5.35. The Morgan fingerprint density at radius 1 is 1.41 bits per heavy atom. The van der Waals surface area contributed by atoms with Gasteiger partial charge in [0.25, 0.3) is 0 Å². The highest BCUT2D eigenvalue weighted by Gasteiger charge is 2.13. The Morgan fingerprint density at radius 2 is 2.14 bits per heavy atom. The normalized spacial score (nSPS) is 16.6. The lowest BCUT2D eigenvalue weighted by Gasteiger charge is -2.23. The van der Waals surface area contributed by atoms with E-state index in [2.05, 4.69) is 27.8 Å². The topological polar surface area (TPSA) is 65.9 Å². The van der Waals surface area contributed by atoms with Crippen molar-refractivity contribution in [2.45, 2.75) is 20.8 Å². The average Bonchev–Trinajstić information content (AvgIpc) is 2.85. The molecule has 0 atom stereocenters. The molecule has 0 aliphatic carbocycles. The first kappa shape index (κ1) is 16.9. The number of hydrazone groups is 1. The van der Waals surface area contributed by atoms with Crippen molar-refractivity contribution < 1.29 is 9.64 Å². The van der Waals surface area contributed by atoms with Crippen LogP contribution in [0.25, 0.3) is 0 Å². The molecule has 7 heteroatoms. The van der Waals surface area contributed by atoms with Crippen LogP contribution in [0.2, 0.25) is 0 Å². The molecule has 4 N–H and O–H groups in total. The van der Waals surface area contributed by atoms with Crippen LogP contribution in [-0.4, -0.2) is 55.2 Å². The molecule has 0 saturated carbocycles. The van der Waals surface area contributed by atoms with Gasteiger partial charge in [0.2, 0.25) is 0 Å². The van der Waals surface area contributed by atoms with E-state index in [0.717, 1.165) is 56.4 Å². The molecule has 2 rings (SSSR count). The lowest BCUT2D eigenvalue weighted by molar-refractivity contribution is -0.906. The molecular formula is C15H26N5OS+. The van der Waals surface area contributed by atoms with Gasteiger partial charge in [-0.3, -0.25) is 5.43 Å². The molecule has 1 aliphatic rings. The SMILES string of the molecule is C/C(=N\NC(=S)NCC[NH+]1CCOCC1)c1c(C)c[nH]c1C. The van der Waals surface area contributed by atoms with Gasteiger partial charge in [0, 0.05) is 17.5 Å². The van der Waals surface area contributed by atoms with Crippen molar-refractivity contribution in [1.82, 2.24) is 15.7 Å². The van der Waals surface area contributed by atoms with Crippen molar-refractivity contribution in [3.05, 3.63) is 23.0 Å². The van der Waals surface area contributed by atoms with Gasteiger partial charge in [0.05, 0.1) is 32.0 Å². The predicted molar refractivity (Wildman–Crippen MR) is 92.6 cm³/mol. The predicted octanol–water partition coefficient (Wildman–Crippen LogP) is -0.265. The number of nitrogens with one attached hydrogen (secondary N) is 4. The maximum Gasteiger partial charge on any atom is 0.187 e. The van der Waals surface area contributed by atoms with E-state index in [1.54, 1.807) is 4.90 Å². The van der Waals surface area contributed by atoms with Gasteiger partial charge < -0.3 is 19.9 Å². The van der Waals surface area contributed by atoms with Crippen LogP contribution >= 0.6 is 12.2 Å². The van der Waals surface area contributed by atoms with Gasteiger partial charge >= 0.3 is 0 Å². The number of morpholine rings is 1. The summed E-state index contributed by atoms with van der Waals surface area (Å²) >= 11 is 5.26. The number of ether oxygens (including phenoxy) is 1. The molecule has 1 saturated heterocycles. The number of H-pyrrole nitrogens is 1. The fourth-order valence-corrected chi connectivity index (χ4v) is 2.85. The van der Waals surface area contributed by atoms with Gasteiger partial charge in [-0.25, -0.2) is 0 Å². The quantitative estimate of drug-likeness (QED) is 0.342. The van der Waals surface area contributed by atoms with Gasteiger partial charge in [0.1, 0.15) is 13.1 Å². The molecule has 122 valence electrons. The first-order valence-corrected chi connectivity index (χ1v) is 8.13. The summed E-state index contributed by atoms with van der Waals surface area (Å²) in [5.41, 5.74) is 7.31. The number of thiocarbonyl (C=S) groups is 1. The number of aromatic amines is 1. The Kier molecular flexibility index (Phi) is 6.35. The number of aryl methyl sites for hydroxylation is 2. The van der Waals surface area contributed by atoms with Crippen LogP contribution in [0.1, 0.15) is 23.7 Å². The molecular weight excluding hydrogens is 298 g/mol. The van der Waals surface area contributed by atoms with E-state index >= 15 is 0 Å². The molecule has 6 nitrogen and oxygen atoms in total. The zero-order valence-corrected chi connectivity index (χ0v) is 14.4. The summed E-state index contributed by atoms with van der Waals surface area (Å²) in [6, 6.07) is 0. The molecule has 1 aliphatic heterocycles. The highest BCUT2D eigenvalue weighted by molar-refractivity contribution is 7.80. The van der Waals surface area contributed by atoms with E-state index in [4.69, 9.17) is 17.0 Å². The highest BCUT2D eigenvalue weighted by atomic mass is 32.1. The van der Waals surface area contributed by atoms with E-state index in [1.807, 2.05) is 20.0 Å².